The first-order valence-corrected chi connectivity index (χ1v) is 8.44. The number of carbonyl (C=O) groups excluding carboxylic acids is 1. The van der Waals surface area contributed by atoms with E-state index in [1.165, 1.54) is 24.1 Å². The second-order valence-corrected chi connectivity index (χ2v) is 6.55. The zero-order valence-corrected chi connectivity index (χ0v) is 13.0. The van der Waals surface area contributed by atoms with Crippen molar-refractivity contribution in [2.45, 2.75) is 58.4 Å². The SMILES string of the molecule is CCCC(C(=O)c1ccc(CC)s1)N1CCCCC1. The van der Waals surface area contributed by atoms with Gasteiger partial charge in [-0.1, -0.05) is 26.7 Å². The highest BCUT2D eigenvalue weighted by Crippen LogP contribution is 2.24. The molecule has 1 aromatic rings. The Morgan fingerprint density at radius 3 is 2.58 bits per heavy atom. The number of rotatable bonds is 6. The largest absolute Gasteiger partial charge is 0.293 e. The van der Waals surface area contributed by atoms with Crippen molar-refractivity contribution >= 4 is 17.1 Å². The molecule has 1 aromatic heterocycles. The lowest BCUT2D eigenvalue weighted by molar-refractivity contribution is 0.0772. The average Bonchev–Trinajstić information content (AvgIpc) is 2.94. The number of ketones is 1. The summed E-state index contributed by atoms with van der Waals surface area (Å²) in [5.74, 6) is 0.355. The topological polar surface area (TPSA) is 20.3 Å². The maximum absolute atomic E-state index is 12.7. The normalized spacial score (nSPS) is 18.4. The molecule has 19 heavy (non-hydrogen) atoms. The molecule has 1 aliphatic rings. The van der Waals surface area contributed by atoms with Gasteiger partial charge in [0.05, 0.1) is 10.9 Å². The molecule has 1 fully saturated rings. The number of carbonyl (C=O) groups is 1. The third-order valence-electron chi connectivity index (χ3n) is 3.95. The van der Waals surface area contributed by atoms with E-state index >= 15 is 0 Å². The highest BCUT2D eigenvalue weighted by molar-refractivity contribution is 7.14. The van der Waals surface area contributed by atoms with Crippen molar-refractivity contribution in [2.24, 2.45) is 0 Å². The van der Waals surface area contributed by atoms with Crippen molar-refractivity contribution in [3.63, 3.8) is 0 Å². The molecule has 1 atom stereocenters. The molecule has 0 amide bonds. The number of hydrogen-bond acceptors (Lipinski definition) is 3. The molecule has 0 saturated carbocycles. The van der Waals surface area contributed by atoms with Crippen molar-refractivity contribution in [3.8, 4) is 0 Å². The van der Waals surface area contributed by atoms with E-state index in [4.69, 9.17) is 0 Å². The summed E-state index contributed by atoms with van der Waals surface area (Å²) in [6.07, 6.45) is 6.93. The molecule has 2 nitrogen and oxygen atoms in total. The van der Waals surface area contributed by atoms with Crippen molar-refractivity contribution in [1.29, 1.82) is 0 Å². The van der Waals surface area contributed by atoms with Gasteiger partial charge in [0.2, 0.25) is 0 Å². The van der Waals surface area contributed by atoms with E-state index < -0.39 is 0 Å². The lowest BCUT2D eigenvalue weighted by Gasteiger charge is -2.33. The van der Waals surface area contributed by atoms with Gasteiger partial charge in [-0.15, -0.1) is 11.3 Å². The number of aryl methyl sites for hydroxylation is 1. The van der Waals surface area contributed by atoms with E-state index in [0.29, 0.717) is 5.78 Å². The summed E-state index contributed by atoms with van der Waals surface area (Å²) in [5, 5.41) is 0. The molecule has 1 aliphatic heterocycles. The van der Waals surface area contributed by atoms with Crippen molar-refractivity contribution in [3.05, 3.63) is 21.9 Å². The number of likely N-dealkylation sites (tertiary alicyclic amines) is 1. The van der Waals surface area contributed by atoms with E-state index in [1.807, 2.05) is 6.07 Å². The Morgan fingerprint density at radius 2 is 2.00 bits per heavy atom. The molecule has 0 aromatic carbocycles. The van der Waals surface area contributed by atoms with Crippen molar-refractivity contribution < 1.29 is 4.79 Å². The smallest absolute Gasteiger partial charge is 0.189 e. The second kappa shape index (κ2) is 7.20. The second-order valence-electron chi connectivity index (χ2n) is 5.38. The fraction of sp³-hybridized carbons (Fsp3) is 0.688. The Kier molecular flexibility index (Phi) is 5.59. The molecule has 1 saturated heterocycles. The summed E-state index contributed by atoms with van der Waals surface area (Å²) in [6.45, 7) is 6.52. The molecule has 0 N–H and O–H groups in total. The van der Waals surface area contributed by atoms with Crippen LogP contribution in [0.15, 0.2) is 12.1 Å². The van der Waals surface area contributed by atoms with Crippen LogP contribution in [0.4, 0.5) is 0 Å². The van der Waals surface area contributed by atoms with E-state index in [1.54, 1.807) is 11.3 Å². The van der Waals surface area contributed by atoms with Gasteiger partial charge in [-0.25, -0.2) is 0 Å². The van der Waals surface area contributed by atoms with Gasteiger partial charge in [-0.2, -0.15) is 0 Å². The summed E-state index contributed by atoms with van der Waals surface area (Å²) in [4.78, 5) is 17.4. The minimum atomic E-state index is 0.119. The number of hydrogen-bond donors (Lipinski definition) is 0. The van der Waals surface area contributed by atoms with Gasteiger partial charge >= 0.3 is 0 Å². The molecule has 3 heteroatoms. The summed E-state index contributed by atoms with van der Waals surface area (Å²) < 4.78 is 0. The number of Topliss-reactive ketones (excluding diaryl/α,β-unsaturated/α-hetero) is 1. The molecule has 1 unspecified atom stereocenters. The summed E-state index contributed by atoms with van der Waals surface area (Å²) >= 11 is 1.68. The van der Waals surface area contributed by atoms with Crippen molar-refractivity contribution in [2.75, 3.05) is 13.1 Å². The molecular formula is C16H25NOS. The third kappa shape index (κ3) is 3.67. The van der Waals surface area contributed by atoms with Crippen LogP contribution in [0, 0.1) is 0 Å². The van der Waals surface area contributed by atoms with E-state index in [-0.39, 0.29) is 6.04 Å². The van der Waals surface area contributed by atoms with Crippen LogP contribution >= 0.6 is 11.3 Å². The zero-order valence-electron chi connectivity index (χ0n) is 12.2. The fourth-order valence-electron chi connectivity index (χ4n) is 2.85. The van der Waals surface area contributed by atoms with Crippen LogP contribution < -0.4 is 0 Å². The van der Waals surface area contributed by atoms with Crippen LogP contribution in [-0.4, -0.2) is 29.8 Å². The van der Waals surface area contributed by atoms with E-state index in [0.717, 1.165) is 37.2 Å². The fourth-order valence-corrected chi connectivity index (χ4v) is 3.78. The van der Waals surface area contributed by atoms with E-state index in [2.05, 4.69) is 24.8 Å². The van der Waals surface area contributed by atoms with Crippen LogP contribution in [0.1, 0.15) is 60.5 Å². The maximum Gasteiger partial charge on any atom is 0.189 e. The van der Waals surface area contributed by atoms with Gasteiger partial charge in [0.1, 0.15) is 0 Å². The number of nitrogens with zero attached hydrogens (tertiary/aromatic N) is 1. The maximum atomic E-state index is 12.7. The van der Waals surface area contributed by atoms with Crippen LogP contribution in [0.3, 0.4) is 0 Å². The first-order valence-electron chi connectivity index (χ1n) is 7.63. The summed E-state index contributed by atoms with van der Waals surface area (Å²) in [5.41, 5.74) is 0. The van der Waals surface area contributed by atoms with Gasteiger partial charge in [0, 0.05) is 4.88 Å². The minimum absolute atomic E-state index is 0.119. The Balaban J connectivity index is 2.10. The van der Waals surface area contributed by atoms with Gasteiger partial charge in [-0.05, 0) is 50.9 Å². The summed E-state index contributed by atoms with van der Waals surface area (Å²) in [7, 11) is 0. The average molecular weight is 279 g/mol. The van der Waals surface area contributed by atoms with Crippen LogP contribution in [0.5, 0.6) is 0 Å². The molecule has 106 valence electrons. The lowest BCUT2D eigenvalue weighted by atomic mass is 10.0. The quantitative estimate of drug-likeness (QED) is 0.729. The predicted octanol–water partition coefficient (Wildman–Crippen LogP) is 4.15. The highest BCUT2D eigenvalue weighted by atomic mass is 32.1. The van der Waals surface area contributed by atoms with Gasteiger partial charge < -0.3 is 0 Å². The monoisotopic (exact) mass is 279 g/mol. The first kappa shape index (κ1) is 14.7. The molecule has 0 spiro atoms. The highest BCUT2D eigenvalue weighted by Gasteiger charge is 2.27. The van der Waals surface area contributed by atoms with E-state index in [9.17, 15) is 4.79 Å². The zero-order chi connectivity index (χ0) is 13.7. The predicted molar refractivity (Wildman–Crippen MR) is 82.1 cm³/mol. The molecular weight excluding hydrogens is 254 g/mol. The Morgan fingerprint density at radius 1 is 1.26 bits per heavy atom. The van der Waals surface area contributed by atoms with Gasteiger partial charge in [0.15, 0.2) is 5.78 Å². The third-order valence-corrected chi connectivity index (χ3v) is 5.19. The minimum Gasteiger partial charge on any atom is -0.293 e. The molecule has 2 heterocycles. The van der Waals surface area contributed by atoms with Crippen LogP contribution in [-0.2, 0) is 6.42 Å². The standard InChI is InChI=1S/C16H25NOS/c1-3-8-14(17-11-6-5-7-12-17)16(18)15-10-9-13(4-2)19-15/h9-10,14H,3-8,11-12H2,1-2H3. The molecule has 0 aliphatic carbocycles. The Bertz CT molecular complexity index is 407. The molecule has 0 bridgehead atoms. The van der Waals surface area contributed by atoms with Crippen LogP contribution in [0.25, 0.3) is 0 Å². The van der Waals surface area contributed by atoms with Gasteiger partial charge in [-0.3, -0.25) is 9.69 Å². The van der Waals surface area contributed by atoms with Crippen LogP contribution in [0.2, 0.25) is 0 Å². The first-order chi connectivity index (χ1) is 9.26. The van der Waals surface area contributed by atoms with Gasteiger partial charge in [0.25, 0.3) is 0 Å². The lowest BCUT2D eigenvalue weighted by Crippen LogP contribution is -2.43. The number of piperidine rings is 1. The molecule has 2 rings (SSSR count). The van der Waals surface area contributed by atoms with Crippen molar-refractivity contribution in [1.82, 2.24) is 4.90 Å². The molecule has 0 radical (unpaired) electrons. The Hall–Kier alpha value is -0.670. The number of thiophene rings is 1. The summed E-state index contributed by atoms with van der Waals surface area (Å²) in [6, 6.07) is 4.25. The Labute approximate surface area is 120 Å².